The van der Waals surface area contributed by atoms with Gasteiger partial charge in [-0.1, -0.05) is 0 Å². The first-order valence-electron chi connectivity index (χ1n) is 4.20. The first-order valence-corrected chi connectivity index (χ1v) is 6.26. The van der Waals surface area contributed by atoms with Crippen molar-refractivity contribution in [2.24, 2.45) is 5.73 Å². The van der Waals surface area contributed by atoms with E-state index in [1.54, 1.807) is 0 Å². The zero-order chi connectivity index (χ0) is 12.1. The highest BCUT2D eigenvalue weighted by Crippen LogP contribution is 2.00. The number of carbonyl (C=O) groups is 1. The smallest absolute Gasteiger partial charge is 0.255 e. The number of nitrogens with zero attached hydrogens (tertiary/aromatic N) is 1. The Morgan fingerprint density at radius 3 is 2.33 bits per heavy atom. The molecule has 0 rings (SSSR count). The van der Waals surface area contributed by atoms with Crippen LogP contribution >= 0.6 is 0 Å². The molecule has 0 spiro atoms. The van der Waals surface area contributed by atoms with Crippen LogP contribution in [0.5, 0.6) is 0 Å². The minimum atomic E-state index is -3.50. The summed E-state index contributed by atoms with van der Waals surface area (Å²) in [4.78, 5) is 12.0. The molecule has 2 N–H and O–H groups in total. The van der Waals surface area contributed by atoms with Gasteiger partial charge in [-0.3, -0.25) is 4.79 Å². The summed E-state index contributed by atoms with van der Waals surface area (Å²) in [6, 6.07) is 0. The van der Waals surface area contributed by atoms with Crippen molar-refractivity contribution in [1.82, 2.24) is 4.90 Å². The molecule has 0 unspecified atom stereocenters. The lowest BCUT2D eigenvalue weighted by atomic mass is 10.4. The van der Waals surface area contributed by atoms with E-state index >= 15 is 0 Å². The Labute approximate surface area is 87.1 Å². The second-order valence-electron chi connectivity index (χ2n) is 3.09. The zero-order valence-electron chi connectivity index (χ0n) is 8.32. The average molecular weight is 244 g/mol. The Kier molecular flexibility index (Phi) is 5.66. The molecule has 1 amide bonds. The summed E-state index contributed by atoms with van der Waals surface area (Å²) in [5, 5.41) is 0. The molecule has 0 saturated heterocycles. The van der Waals surface area contributed by atoms with E-state index in [0.717, 1.165) is 11.2 Å². The van der Waals surface area contributed by atoms with Gasteiger partial charge in [0, 0.05) is 19.3 Å². The van der Waals surface area contributed by atoms with Crippen LogP contribution in [0, 0.1) is 0 Å². The predicted octanol–water partition coefficient (Wildman–Crippen LogP) is -0.917. The van der Waals surface area contributed by atoms with Crippen LogP contribution in [0.4, 0.5) is 8.78 Å². The van der Waals surface area contributed by atoms with Gasteiger partial charge in [0.1, 0.15) is 5.75 Å². The molecule has 5 nitrogen and oxygen atoms in total. The lowest BCUT2D eigenvalue weighted by molar-refractivity contribution is -0.130. The fourth-order valence-corrected chi connectivity index (χ4v) is 1.59. The second kappa shape index (κ2) is 5.96. The minimum absolute atomic E-state index is 0.0161. The lowest BCUT2D eigenvalue weighted by Gasteiger charge is -2.20. The zero-order valence-corrected chi connectivity index (χ0v) is 9.14. The number of amides is 1. The number of hydrogen-bond acceptors (Lipinski definition) is 4. The van der Waals surface area contributed by atoms with Gasteiger partial charge in [0.2, 0.25) is 5.91 Å². The first kappa shape index (κ1) is 14.2. The Bertz CT molecular complexity index is 305. The Morgan fingerprint density at radius 2 is 2.00 bits per heavy atom. The van der Waals surface area contributed by atoms with Gasteiger partial charge in [-0.2, -0.15) is 0 Å². The Morgan fingerprint density at radius 1 is 1.47 bits per heavy atom. The summed E-state index contributed by atoms with van der Waals surface area (Å²) in [7, 11) is -3.50. The van der Waals surface area contributed by atoms with Crippen molar-refractivity contribution in [2.45, 2.75) is 6.43 Å². The van der Waals surface area contributed by atoms with Crippen LogP contribution in [0.25, 0.3) is 0 Å². The van der Waals surface area contributed by atoms with Crippen molar-refractivity contribution in [1.29, 1.82) is 0 Å². The standard InChI is InChI=1S/C7H14F2N2O3S/c1-15(13,14)5-7(12)11(3-2-10)4-6(8)9/h6H,2-5,10H2,1H3. The fourth-order valence-electron chi connectivity index (χ4n) is 0.956. The third-order valence-corrected chi connectivity index (χ3v) is 2.27. The molecule has 0 radical (unpaired) electrons. The Balaban J connectivity index is 4.42. The van der Waals surface area contributed by atoms with E-state index in [0.29, 0.717) is 0 Å². The molecule has 0 aliphatic rings. The molecule has 0 aliphatic heterocycles. The SMILES string of the molecule is CS(=O)(=O)CC(=O)N(CCN)CC(F)F. The molecular formula is C7H14F2N2O3S. The van der Waals surface area contributed by atoms with Crippen molar-refractivity contribution >= 4 is 15.7 Å². The van der Waals surface area contributed by atoms with Crippen LogP contribution in [0.2, 0.25) is 0 Å². The normalized spacial score (nSPS) is 11.8. The van der Waals surface area contributed by atoms with E-state index in [-0.39, 0.29) is 13.1 Å². The van der Waals surface area contributed by atoms with Crippen LogP contribution < -0.4 is 5.73 Å². The van der Waals surface area contributed by atoms with Gasteiger partial charge in [-0.15, -0.1) is 0 Å². The van der Waals surface area contributed by atoms with E-state index in [1.165, 1.54) is 0 Å². The number of nitrogens with two attached hydrogens (primary N) is 1. The van der Waals surface area contributed by atoms with Crippen LogP contribution in [0.15, 0.2) is 0 Å². The molecule has 0 aromatic rings. The van der Waals surface area contributed by atoms with Gasteiger partial charge in [0.05, 0.1) is 6.54 Å². The topological polar surface area (TPSA) is 80.5 Å². The third-order valence-electron chi connectivity index (χ3n) is 1.50. The lowest BCUT2D eigenvalue weighted by Crippen LogP contribution is -2.41. The molecule has 15 heavy (non-hydrogen) atoms. The van der Waals surface area contributed by atoms with Crippen molar-refractivity contribution < 1.29 is 22.0 Å². The predicted molar refractivity (Wildman–Crippen MR) is 51.3 cm³/mol. The van der Waals surface area contributed by atoms with Gasteiger partial charge in [0.15, 0.2) is 9.84 Å². The number of rotatable bonds is 6. The maximum atomic E-state index is 12.0. The summed E-state index contributed by atoms with van der Waals surface area (Å²) < 4.78 is 45.6. The van der Waals surface area contributed by atoms with E-state index in [2.05, 4.69) is 0 Å². The number of halogens is 2. The molecule has 0 aliphatic carbocycles. The molecule has 0 aromatic carbocycles. The summed E-state index contributed by atoms with van der Waals surface area (Å²) >= 11 is 0. The molecule has 0 fully saturated rings. The molecule has 0 atom stereocenters. The highest BCUT2D eigenvalue weighted by Gasteiger charge is 2.20. The summed E-state index contributed by atoms with van der Waals surface area (Å²) in [6.45, 7) is -0.841. The van der Waals surface area contributed by atoms with Gasteiger partial charge in [-0.05, 0) is 0 Å². The fraction of sp³-hybridized carbons (Fsp3) is 0.857. The quantitative estimate of drug-likeness (QED) is 0.655. The minimum Gasteiger partial charge on any atom is -0.335 e. The van der Waals surface area contributed by atoms with Crippen LogP contribution in [0.1, 0.15) is 0 Å². The van der Waals surface area contributed by atoms with Crippen molar-refractivity contribution in [3.05, 3.63) is 0 Å². The van der Waals surface area contributed by atoms with Crippen molar-refractivity contribution in [2.75, 3.05) is 31.6 Å². The van der Waals surface area contributed by atoms with Gasteiger partial charge >= 0.3 is 0 Å². The first-order chi connectivity index (χ1) is 6.76. The highest BCUT2D eigenvalue weighted by atomic mass is 32.2. The number of sulfone groups is 1. The summed E-state index contributed by atoms with van der Waals surface area (Å²) in [5.74, 6) is -1.61. The average Bonchev–Trinajstić information content (AvgIpc) is 1.99. The van der Waals surface area contributed by atoms with Crippen LogP contribution in [-0.2, 0) is 14.6 Å². The van der Waals surface area contributed by atoms with Crippen molar-refractivity contribution in [3.8, 4) is 0 Å². The maximum absolute atomic E-state index is 12.0. The number of hydrogen-bond donors (Lipinski definition) is 1. The highest BCUT2D eigenvalue weighted by molar-refractivity contribution is 7.91. The van der Waals surface area contributed by atoms with E-state index < -0.39 is 34.5 Å². The van der Waals surface area contributed by atoms with E-state index in [4.69, 9.17) is 5.73 Å². The largest absolute Gasteiger partial charge is 0.335 e. The van der Waals surface area contributed by atoms with Crippen LogP contribution in [0.3, 0.4) is 0 Å². The van der Waals surface area contributed by atoms with Gasteiger partial charge in [-0.25, -0.2) is 17.2 Å². The van der Waals surface area contributed by atoms with Crippen molar-refractivity contribution in [3.63, 3.8) is 0 Å². The molecule has 0 heterocycles. The van der Waals surface area contributed by atoms with E-state index in [9.17, 15) is 22.0 Å². The van der Waals surface area contributed by atoms with E-state index in [1.807, 2.05) is 0 Å². The molecule has 0 aromatic heterocycles. The second-order valence-corrected chi connectivity index (χ2v) is 5.23. The van der Waals surface area contributed by atoms with Crippen LogP contribution in [-0.4, -0.2) is 57.3 Å². The number of alkyl halides is 2. The Hall–Kier alpha value is -0.760. The number of carbonyl (C=O) groups excluding carboxylic acids is 1. The summed E-state index contributed by atoms with van der Waals surface area (Å²) in [6.07, 6.45) is -1.83. The van der Waals surface area contributed by atoms with Gasteiger partial charge in [0.25, 0.3) is 6.43 Å². The molecule has 8 heteroatoms. The molecule has 0 bridgehead atoms. The van der Waals surface area contributed by atoms with Gasteiger partial charge < -0.3 is 10.6 Å². The molecule has 90 valence electrons. The maximum Gasteiger partial charge on any atom is 0.255 e. The third kappa shape index (κ3) is 7.20. The summed E-state index contributed by atoms with van der Waals surface area (Å²) in [5.41, 5.74) is 5.12. The molecular weight excluding hydrogens is 230 g/mol. The molecule has 0 saturated carbocycles. The monoisotopic (exact) mass is 244 g/mol.